The molecule has 0 heterocycles. The number of carboxylic acids is 1. The van der Waals surface area contributed by atoms with Crippen LogP contribution >= 0.6 is 0 Å². The van der Waals surface area contributed by atoms with Crippen LogP contribution in [0.2, 0.25) is 0 Å². The van der Waals surface area contributed by atoms with Gasteiger partial charge >= 0.3 is 5.97 Å². The third kappa shape index (κ3) is 2.05. The molecule has 0 aliphatic rings. The summed E-state index contributed by atoms with van der Waals surface area (Å²) in [6.07, 6.45) is 0. The van der Waals surface area contributed by atoms with Gasteiger partial charge in [-0.15, -0.1) is 0 Å². The number of aromatic carboxylic acids is 1. The molecular weight excluding hydrogens is 232 g/mol. The standard InChI is InChI=1S/C9H8N2O6/c1-4-3-5(2)8(11(16)17)6(9(12)13)7(4)10(14)15/h3H,1-2H3,(H,12,13). The van der Waals surface area contributed by atoms with Crippen molar-refractivity contribution >= 4 is 17.3 Å². The summed E-state index contributed by atoms with van der Waals surface area (Å²) in [6.45, 7) is 2.67. The van der Waals surface area contributed by atoms with Gasteiger partial charge in [0.25, 0.3) is 11.4 Å². The van der Waals surface area contributed by atoms with E-state index in [4.69, 9.17) is 5.11 Å². The van der Waals surface area contributed by atoms with Gasteiger partial charge in [0.1, 0.15) is 0 Å². The number of nitro benzene ring substituents is 2. The summed E-state index contributed by atoms with van der Waals surface area (Å²) >= 11 is 0. The maximum atomic E-state index is 10.9. The topological polar surface area (TPSA) is 124 Å². The van der Waals surface area contributed by atoms with E-state index in [-0.39, 0.29) is 11.1 Å². The third-order valence-corrected chi connectivity index (χ3v) is 2.23. The second kappa shape index (κ2) is 4.16. The number of rotatable bonds is 3. The van der Waals surface area contributed by atoms with E-state index in [1.165, 1.54) is 19.9 Å². The van der Waals surface area contributed by atoms with Crippen molar-refractivity contribution in [3.05, 3.63) is 43.0 Å². The first kappa shape index (κ1) is 12.6. The number of carbonyl (C=O) groups is 1. The molecule has 0 aromatic heterocycles. The molecule has 1 rings (SSSR count). The van der Waals surface area contributed by atoms with Gasteiger partial charge in [-0.25, -0.2) is 4.79 Å². The molecule has 1 N–H and O–H groups in total. The van der Waals surface area contributed by atoms with Crippen molar-refractivity contribution < 1.29 is 19.7 Å². The second-order valence-corrected chi connectivity index (χ2v) is 3.40. The predicted octanol–water partition coefficient (Wildman–Crippen LogP) is 1.82. The first-order chi connectivity index (χ1) is 7.77. The number of hydrogen-bond donors (Lipinski definition) is 1. The zero-order valence-corrected chi connectivity index (χ0v) is 8.96. The maximum Gasteiger partial charge on any atom is 0.349 e. The average Bonchev–Trinajstić information content (AvgIpc) is 2.14. The minimum atomic E-state index is -1.69. The van der Waals surface area contributed by atoms with Crippen LogP contribution in [-0.4, -0.2) is 20.9 Å². The van der Waals surface area contributed by atoms with Crippen LogP contribution in [-0.2, 0) is 0 Å². The Morgan fingerprint density at radius 2 is 1.47 bits per heavy atom. The molecule has 0 saturated heterocycles. The summed E-state index contributed by atoms with van der Waals surface area (Å²) in [4.78, 5) is 30.6. The lowest BCUT2D eigenvalue weighted by Crippen LogP contribution is -2.10. The molecule has 0 atom stereocenters. The molecule has 17 heavy (non-hydrogen) atoms. The van der Waals surface area contributed by atoms with Crippen molar-refractivity contribution in [3.63, 3.8) is 0 Å². The molecular formula is C9H8N2O6. The first-order valence-corrected chi connectivity index (χ1v) is 4.43. The Bertz CT molecular complexity index is 499. The number of nitrogens with zero attached hydrogens (tertiary/aromatic N) is 2. The summed E-state index contributed by atoms with van der Waals surface area (Å²) in [5.41, 5.74) is -2.20. The lowest BCUT2D eigenvalue weighted by atomic mass is 10.0. The highest BCUT2D eigenvalue weighted by molar-refractivity contribution is 5.98. The Morgan fingerprint density at radius 1 is 1.12 bits per heavy atom. The molecule has 0 spiro atoms. The van der Waals surface area contributed by atoms with Crippen LogP contribution in [0.3, 0.4) is 0 Å². The molecule has 90 valence electrons. The van der Waals surface area contributed by atoms with E-state index in [0.29, 0.717) is 0 Å². The van der Waals surface area contributed by atoms with E-state index in [2.05, 4.69) is 0 Å². The highest BCUT2D eigenvalue weighted by Crippen LogP contribution is 2.34. The van der Waals surface area contributed by atoms with Gasteiger partial charge in [0.05, 0.1) is 9.85 Å². The van der Waals surface area contributed by atoms with Crippen LogP contribution in [0.15, 0.2) is 6.07 Å². The summed E-state index contributed by atoms with van der Waals surface area (Å²) in [5.74, 6) is -1.69. The molecule has 0 radical (unpaired) electrons. The van der Waals surface area contributed by atoms with Crippen LogP contribution in [0.1, 0.15) is 21.5 Å². The number of aryl methyl sites for hydroxylation is 2. The highest BCUT2D eigenvalue weighted by Gasteiger charge is 2.34. The van der Waals surface area contributed by atoms with Gasteiger partial charge in [0, 0.05) is 11.1 Å². The molecule has 0 unspecified atom stereocenters. The van der Waals surface area contributed by atoms with E-state index in [0.717, 1.165) is 0 Å². The number of carboxylic acid groups (broad SMARTS) is 1. The van der Waals surface area contributed by atoms with E-state index in [1.54, 1.807) is 0 Å². The molecule has 1 aromatic carbocycles. The number of benzene rings is 1. The van der Waals surface area contributed by atoms with Gasteiger partial charge in [0.2, 0.25) is 5.56 Å². The van der Waals surface area contributed by atoms with Crippen molar-refractivity contribution in [2.24, 2.45) is 0 Å². The minimum Gasteiger partial charge on any atom is -0.477 e. The van der Waals surface area contributed by atoms with Gasteiger partial charge in [-0.1, -0.05) is 0 Å². The van der Waals surface area contributed by atoms with Crippen molar-refractivity contribution in [2.45, 2.75) is 13.8 Å². The highest BCUT2D eigenvalue weighted by atomic mass is 16.6. The van der Waals surface area contributed by atoms with Crippen molar-refractivity contribution in [1.82, 2.24) is 0 Å². The van der Waals surface area contributed by atoms with E-state index in [9.17, 15) is 25.0 Å². The summed E-state index contributed by atoms with van der Waals surface area (Å²) in [6, 6.07) is 1.22. The van der Waals surface area contributed by atoms with E-state index in [1.807, 2.05) is 0 Å². The molecule has 0 aliphatic carbocycles. The number of nitro groups is 2. The molecule has 0 saturated carbocycles. The minimum absolute atomic E-state index is 0.0792. The normalized spacial score (nSPS) is 10.0. The zero-order valence-electron chi connectivity index (χ0n) is 8.96. The Labute approximate surface area is 94.8 Å². The summed E-state index contributed by atoms with van der Waals surface area (Å²) in [5, 5.41) is 30.4. The SMILES string of the molecule is Cc1cc(C)c([N+](=O)[O-])c(C(=O)O)c1[N+](=O)[O-]. The fraction of sp³-hybridized carbons (Fsp3) is 0.222. The average molecular weight is 240 g/mol. The fourth-order valence-corrected chi connectivity index (χ4v) is 1.64. The Hall–Kier alpha value is -2.51. The lowest BCUT2D eigenvalue weighted by Gasteiger charge is -2.05. The second-order valence-electron chi connectivity index (χ2n) is 3.40. The van der Waals surface area contributed by atoms with Gasteiger partial charge in [-0.2, -0.15) is 0 Å². The predicted molar refractivity (Wildman–Crippen MR) is 56.2 cm³/mol. The lowest BCUT2D eigenvalue weighted by molar-refractivity contribution is -0.395. The molecule has 8 nitrogen and oxygen atoms in total. The Kier molecular flexibility index (Phi) is 3.07. The van der Waals surface area contributed by atoms with Gasteiger partial charge in [-0.3, -0.25) is 20.2 Å². The quantitative estimate of drug-likeness (QED) is 0.634. The van der Waals surface area contributed by atoms with Crippen molar-refractivity contribution in [1.29, 1.82) is 0 Å². The monoisotopic (exact) mass is 240 g/mol. The molecule has 8 heteroatoms. The molecule has 1 aromatic rings. The Morgan fingerprint density at radius 3 is 1.71 bits per heavy atom. The largest absolute Gasteiger partial charge is 0.477 e. The van der Waals surface area contributed by atoms with Crippen LogP contribution in [0.25, 0.3) is 0 Å². The molecule has 0 fully saturated rings. The van der Waals surface area contributed by atoms with Gasteiger partial charge < -0.3 is 5.11 Å². The third-order valence-electron chi connectivity index (χ3n) is 2.23. The van der Waals surface area contributed by atoms with Crippen LogP contribution in [0, 0.1) is 34.1 Å². The van der Waals surface area contributed by atoms with Gasteiger partial charge in [0.15, 0.2) is 0 Å². The van der Waals surface area contributed by atoms with Gasteiger partial charge in [-0.05, 0) is 19.9 Å². The van der Waals surface area contributed by atoms with E-state index < -0.39 is 32.8 Å². The summed E-state index contributed by atoms with van der Waals surface area (Å²) in [7, 11) is 0. The van der Waals surface area contributed by atoms with Crippen LogP contribution in [0.4, 0.5) is 11.4 Å². The number of hydrogen-bond acceptors (Lipinski definition) is 5. The first-order valence-electron chi connectivity index (χ1n) is 4.43. The summed E-state index contributed by atoms with van der Waals surface area (Å²) < 4.78 is 0. The maximum absolute atomic E-state index is 10.9. The molecule has 0 aliphatic heterocycles. The van der Waals surface area contributed by atoms with E-state index >= 15 is 0 Å². The smallest absolute Gasteiger partial charge is 0.349 e. The Balaban J connectivity index is 3.85. The molecule has 0 amide bonds. The van der Waals surface area contributed by atoms with Crippen LogP contribution in [0.5, 0.6) is 0 Å². The van der Waals surface area contributed by atoms with Crippen molar-refractivity contribution in [2.75, 3.05) is 0 Å². The zero-order chi connectivity index (χ0) is 13.3. The van der Waals surface area contributed by atoms with Crippen molar-refractivity contribution in [3.8, 4) is 0 Å². The van der Waals surface area contributed by atoms with Crippen LogP contribution < -0.4 is 0 Å². The fourth-order valence-electron chi connectivity index (χ4n) is 1.64. The molecule has 0 bridgehead atoms.